The lowest BCUT2D eigenvalue weighted by molar-refractivity contribution is 0.414. The van der Waals surface area contributed by atoms with Crippen LogP contribution < -0.4 is 4.74 Å². The molecule has 3 nitrogen and oxygen atoms in total. The van der Waals surface area contributed by atoms with Crippen LogP contribution >= 0.6 is 0 Å². The maximum atomic E-state index is 13.6. The van der Waals surface area contributed by atoms with Crippen molar-refractivity contribution in [1.29, 1.82) is 0 Å². The van der Waals surface area contributed by atoms with E-state index in [4.69, 9.17) is 4.74 Å². The molecule has 1 heterocycles. The molecule has 0 radical (unpaired) electrons. The topological polar surface area (TPSA) is 42.4 Å². The third-order valence-corrected chi connectivity index (χ3v) is 2.22. The first-order valence-corrected chi connectivity index (χ1v) is 4.70. The third kappa shape index (κ3) is 1.82. The van der Waals surface area contributed by atoms with Crippen molar-refractivity contribution < 1.29 is 14.2 Å². The second-order valence-corrected chi connectivity index (χ2v) is 3.22. The predicted octanol–water partition coefficient (Wildman–Crippen LogP) is 2.60. The predicted molar refractivity (Wildman–Crippen MR) is 57.8 cm³/mol. The van der Waals surface area contributed by atoms with Gasteiger partial charge in [0.1, 0.15) is 23.0 Å². The van der Waals surface area contributed by atoms with Crippen molar-refractivity contribution in [1.82, 2.24) is 4.98 Å². The molecule has 2 rings (SSSR count). The number of ether oxygens (including phenoxy) is 1. The largest absolute Gasteiger partial charge is 0.506 e. The van der Waals surface area contributed by atoms with Crippen LogP contribution in [0.3, 0.4) is 0 Å². The van der Waals surface area contributed by atoms with Crippen LogP contribution in [-0.4, -0.2) is 17.2 Å². The molecule has 0 aliphatic heterocycles. The second kappa shape index (κ2) is 4.18. The van der Waals surface area contributed by atoms with E-state index in [9.17, 15) is 9.50 Å². The van der Waals surface area contributed by atoms with E-state index in [0.717, 1.165) is 0 Å². The molecule has 0 fully saturated rings. The zero-order valence-corrected chi connectivity index (χ0v) is 8.64. The van der Waals surface area contributed by atoms with Gasteiger partial charge in [0.25, 0.3) is 0 Å². The molecule has 1 N–H and O–H groups in total. The molecule has 0 aliphatic rings. The Bertz CT molecular complexity index is 514. The number of hydrogen-bond acceptors (Lipinski definition) is 3. The van der Waals surface area contributed by atoms with Gasteiger partial charge in [-0.05, 0) is 30.3 Å². The highest BCUT2D eigenvalue weighted by atomic mass is 19.1. The first-order chi connectivity index (χ1) is 7.72. The summed E-state index contributed by atoms with van der Waals surface area (Å²) in [5, 5.41) is 9.58. The molecular weight excluding hydrogens is 209 g/mol. The van der Waals surface area contributed by atoms with Crippen LogP contribution in [0.25, 0.3) is 11.3 Å². The molecule has 0 saturated carbocycles. The molecule has 0 unspecified atom stereocenters. The average Bonchev–Trinajstić information content (AvgIpc) is 2.31. The SMILES string of the molecule is COc1ccc(F)c(-c2ncccc2O)c1. The van der Waals surface area contributed by atoms with Gasteiger partial charge in [-0.15, -0.1) is 0 Å². The van der Waals surface area contributed by atoms with Gasteiger partial charge in [-0.2, -0.15) is 0 Å². The fourth-order valence-electron chi connectivity index (χ4n) is 1.42. The van der Waals surface area contributed by atoms with E-state index in [-0.39, 0.29) is 17.0 Å². The Kier molecular flexibility index (Phi) is 2.72. The monoisotopic (exact) mass is 219 g/mol. The summed E-state index contributed by atoms with van der Waals surface area (Å²) in [5.74, 6) is 0.00547. The van der Waals surface area contributed by atoms with Crippen molar-refractivity contribution in [2.75, 3.05) is 7.11 Å². The van der Waals surface area contributed by atoms with E-state index in [2.05, 4.69) is 4.98 Å². The molecule has 1 aromatic carbocycles. The van der Waals surface area contributed by atoms with Gasteiger partial charge < -0.3 is 9.84 Å². The Balaban J connectivity index is 2.59. The van der Waals surface area contributed by atoms with E-state index < -0.39 is 5.82 Å². The lowest BCUT2D eigenvalue weighted by Gasteiger charge is -2.06. The highest BCUT2D eigenvalue weighted by Crippen LogP contribution is 2.30. The van der Waals surface area contributed by atoms with Crippen LogP contribution in [0.15, 0.2) is 36.5 Å². The Morgan fingerprint density at radius 3 is 2.81 bits per heavy atom. The molecule has 0 spiro atoms. The zero-order valence-electron chi connectivity index (χ0n) is 8.64. The molecule has 0 bridgehead atoms. The number of rotatable bonds is 2. The molecule has 0 saturated heterocycles. The minimum Gasteiger partial charge on any atom is -0.506 e. The summed E-state index contributed by atoms with van der Waals surface area (Å²) in [6, 6.07) is 7.33. The van der Waals surface area contributed by atoms with Gasteiger partial charge in [-0.1, -0.05) is 0 Å². The highest BCUT2D eigenvalue weighted by molar-refractivity contribution is 5.67. The van der Waals surface area contributed by atoms with Crippen LogP contribution in [0.2, 0.25) is 0 Å². The number of aromatic hydroxyl groups is 1. The van der Waals surface area contributed by atoms with Crippen molar-refractivity contribution in [3.63, 3.8) is 0 Å². The van der Waals surface area contributed by atoms with Crippen LogP contribution in [0.4, 0.5) is 4.39 Å². The molecule has 4 heteroatoms. The van der Waals surface area contributed by atoms with Gasteiger partial charge in [0.05, 0.1) is 7.11 Å². The van der Waals surface area contributed by atoms with Crippen LogP contribution in [0.1, 0.15) is 0 Å². The third-order valence-electron chi connectivity index (χ3n) is 2.22. The summed E-state index contributed by atoms with van der Waals surface area (Å²) in [4.78, 5) is 3.94. The molecular formula is C12H10FNO2. The maximum absolute atomic E-state index is 13.6. The fourth-order valence-corrected chi connectivity index (χ4v) is 1.42. The molecule has 0 aliphatic carbocycles. The Morgan fingerprint density at radius 2 is 2.12 bits per heavy atom. The number of aromatic nitrogens is 1. The van der Waals surface area contributed by atoms with Gasteiger partial charge >= 0.3 is 0 Å². The molecule has 16 heavy (non-hydrogen) atoms. The quantitative estimate of drug-likeness (QED) is 0.844. The van der Waals surface area contributed by atoms with Gasteiger partial charge in [-0.3, -0.25) is 4.98 Å². The summed E-state index contributed by atoms with van der Waals surface area (Å²) in [6.45, 7) is 0. The second-order valence-electron chi connectivity index (χ2n) is 3.22. The van der Waals surface area contributed by atoms with Gasteiger partial charge in [0.15, 0.2) is 0 Å². The van der Waals surface area contributed by atoms with Crippen molar-refractivity contribution in [2.45, 2.75) is 0 Å². The van der Waals surface area contributed by atoms with Crippen LogP contribution in [0, 0.1) is 5.82 Å². The van der Waals surface area contributed by atoms with Crippen LogP contribution in [-0.2, 0) is 0 Å². The summed E-state index contributed by atoms with van der Waals surface area (Å²) in [5.41, 5.74) is 0.427. The lowest BCUT2D eigenvalue weighted by atomic mass is 10.1. The van der Waals surface area contributed by atoms with Crippen molar-refractivity contribution in [3.05, 3.63) is 42.3 Å². The van der Waals surface area contributed by atoms with E-state index in [1.54, 1.807) is 6.07 Å². The number of benzene rings is 1. The first kappa shape index (κ1) is 10.4. The summed E-state index contributed by atoms with van der Waals surface area (Å²) < 4.78 is 18.6. The summed E-state index contributed by atoms with van der Waals surface area (Å²) in [7, 11) is 1.50. The van der Waals surface area contributed by atoms with Crippen molar-refractivity contribution >= 4 is 0 Å². The van der Waals surface area contributed by atoms with E-state index >= 15 is 0 Å². The highest BCUT2D eigenvalue weighted by Gasteiger charge is 2.11. The van der Waals surface area contributed by atoms with Crippen molar-refractivity contribution in [3.8, 4) is 22.8 Å². The zero-order chi connectivity index (χ0) is 11.5. The number of nitrogens with zero attached hydrogens (tertiary/aromatic N) is 1. The fraction of sp³-hybridized carbons (Fsp3) is 0.0833. The van der Waals surface area contributed by atoms with Crippen LogP contribution in [0.5, 0.6) is 11.5 Å². The standard InChI is InChI=1S/C12H10FNO2/c1-16-8-4-5-10(13)9(7-8)12-11(15)3-2-6-14-12/h2-7,15H,1H3. The number of halogens is 1. The lowest BCUT2D eigenvalue weighted by Crippen LogP contribution is -1.90. The summed E-state index contributed by atoms with van der Waals surface area (Å²) >= 11 is 0. The maximum Gasteiger partial charge on any atom is 0.141 e. The normalized spacial score (nSPS) is 10.1. The molecule has 2 aromatic rings. The Labute approximate surface area is 92.1 Å². The van der Waals surface area contributed by atoms with Gasteiger partial charge in [0, 0.05) is 11.8 Å². The Morgan fingerprint density at radius 1 is 1.31 bits per heavy atom. The van der Waals surface area contributed by atoms with Crippen molar-refractivity contribution in [2.24, 2.45) is 0 Å². The van der Waals surface area contributed by atoms with E-state index in [1.807, 2.05) is 0 Å². The minimum absolute atomic E-state index is 0.0605. The summed E-state index contributed by atoms with van der Waals surface area (Å²) in [6.07, 6.45) is 1.49. The first-order valence-electron chi connectivity index (χ1n) is 4.70. The minimum atomic E-state index is -0.449. The van der Waals surface area contributed by atoms with Gasteiger partial charge in [-0.25, -0.2) is 4.39 Å². The van der Waals surface area contributed by atoms with E-state index in [1.165, 1.54) is 37.6 Å². The molecule has 0 atom stereocenters. The Hall–Kier alpha value is -2.10. The molecule has 1 aromatic heterocycles. The number of hydrogen-bond donors (Lipinski definition) is 1. The smallest absolute Gasteiger partial charge is 0.141 e. The van der Waals surface area contributed by atoms with Gasteiger partial charge in [0.2, 0.25) is 0 Å². The molecule has 82 valence electrons. The number of pyridine rings is 1. The number of methoxy groups -OCH3 is 1. The van der Waals surface area contributed by atoms with E-state index in [0.29, 0.717) is 5.75 Å². The average molecular weight is 219 g/mol. The molecule has 0 amide bonds.